The Morgan fingerprint density at radius 1 is 1.44 bits per heavy atom. The fourth-order valence-electron chi connectivity index (χ4n) is 3.41. The average molecular weight is 216 g/mol. The summed E-state index contributed by atoms with van der Waals surface area (Å²) in [4.78, 5) is 11.2. The first-order chi connectivity index (χ1) is 7.64. The molecule has 0 heterocycles. The second-order valence-electron chi connectivity index (χ2n) is 5.34. The highest BCUT2D eigenvalue weighted by molar-refractivity contribution is 5.72. The predicted molar refractivity (Wildman–Crippen MR) is 61.4 cm³/mol. The van der Waals surface area contributed by atoms with E-state index in [1.54, 1.807) is 0 Å². The van der Waals surface area contributed by atoms with Gasteiger partial charge in [0.05, 0.1) is 5.92 Å². The lowest BCUT2D eigenvalue weighted by atomic mass is 9.80. The van der Waals surface area contributed by atoms with Crippen LogP contribution in [-0.2, 0) is 11.2 Å². The van der Waals surface area contributed by atoms with Crippen LogP contribution >= 0.6 is 0 Å². The number of carboxylic acid groups (broad SMARTS) is 1. The van der Waals surface area contributed by atoms with Crippen molar-refractivity contribution in [3.63, 3.8) is 0 Å². The molecule has 1 N–H and O–H groups in total. The Kier molecular flexibility index (Phi) is 1.91. The first-order valence-electron chi connectivity index (χ1n) is 5.95. The number of hydrogen-bond donors (Lipinski definition) is 1. The number of rotatable bonds is 2. The minimum absolute atomic E-state index is 0.237. The van der Waals surface area contributed by atoms with Gasteiger partial charge >= 0.3 is 5.97 Å². The first-order valence-corrected chi connectivity index (χ1v) is 5.95. The van der Waals surface area contributed by atoms with E-state index < -0.39 is 5.97 Å². The SMILES string of the molecule is C[C@H](C(=O)O)C1c2ccccc2CC12CC2. The number of aliphatic carboxylic acids is 1. The lowest BCUT2D eigenvalue weighted by Crippen LogP contribution is -2.23. The van der Waals surface area contributed by atoms with Crippen molar-refractivity contribution in [3.05, 3.63) is 35.4 Å². The Hall–Kier alpha value is -1.31. The van der Waals surface area contributed by atoms with Gasteiger partial charge in [-0.05, 0) is 35.8 Å². The molecule has 1 spiro atoms. The molecule has 0 bridgehead atoms. The van der Waals surface area contributed by atoms with E-state index in [1.165, 1.54) is 24.0 Å². The summed E-state index contributed by atoms with van der Waals surface area (Å²) in [5.41, 5.74) is 2.95. The zero-order valence-electron chi connectivity index (χ0n) is 9.44. The van der Waals surface area contributed by atoms with E-state index in [4.69, 9.17) is 0 Å². The molecule has 1 unspecified atom stereocenters. The molecule has 84 valence electrons. The Bertz CT molecular complexity index is 446. The third kappa shape index (κ3) is 1.22. The van der Waals surface area contributed by atoms with E-state index in [2.05, 4.69) is 18.2 Å². The number of fused-ring (bicyclic) bond motifs is 1. The third-order valence-electron chi connectivity index (χ3n) is 4.37. The summed E-state index contributed by atoms with van der Waals surface area (Å²) >= 11 is 0. The van der Waals surface area contributed by atoms with E-state index in [0.717, 1.165) is 6.42 Å². The maximum absolute atomic E-state index is 11.2. The number of hydrogen-bond acceptors (Lipinski definition) is 1. The predicted octanol–water partition coefficient (Wildman–Crippen LogP) is 2.83. The van der Waals surface area contributed by atoms with Crippen molar-refractivity contribution in [2.45, 2.75) is 32.1 Å². The van der Waals surface area contributed by atoms with Gasteiger partial charge < -0.3 is 5.11 Å². The van der Waals surface area contributed by atoms with Gasteiger partial charge in [0.2, 0.25) is 0 Å². The second-order valence-corrected chi connectivity index (χ2v) is 5.34. The van der Waals surface area contributed by atoms with Crippen molar-refractivity contribution in [1.82, 2.24) is 0 Å². The highest BCUT2D eigenvalue weighted by atomic mass is 16.4. The topological polar surface area (TPSA) is 37.3 Å². The monoisotopic (exact) mass is 216 g/mol. The van der Waals surface area contributed by atoms with E-state index in [9.17, 15) is 9.90 Å². The van der Waals surface area contributed by atoms with E-state index in [-0.39, 0.29) is 11.8 Å². The minimum atomic E-state index is -0.659. The van der Waals surface area contributed by atoms with Gasteiger partial charge in [0.25, 0.3) is 0 Å². The van der Waals surface area contributed by atoms with Gasteiger partial charge in [0.15, 0.2) is 0 Å². The molecule has 0 aliphatic heterocycles. The molecule has 0 saturated heterocycles. The Labute approximate surface area is 95.3 Å². The fourth-order valence-corrected chi connectivity index (χ4v) is 3.41. The fraction of sp³-hybridized carbons (Fsp3) is 0.500. The third-order valence-corrected chi connectivity index (χ3v) is 4.37. The molecule has 1 saturated carbocycles. The van der Waals surface area contributed by atoms with Crippen LogP contribution in [0.1, 0.15) is 36.8 Å². The maximum Gasteiger partial charge on any atom is 0.306 e. The molecular weight excluding hydrogens is 200 g/mol. The Balaban J connectivity index is 2.05. The highest BCUT2D eigenvalue weighted by Crippen LogP contribution is 2.65. The molecule has 1 fully saturated rings. The second kappa shape index (κ2) is 3.09. The van der Waals surface area contributed by atoms with Crippen molar-refractivity contribution in [1.29, 1.82) is 0 Å². The van der Waals surface area contributed by atoms with Gasteiger partial charge in [-0.15, -0.1) is 0 Å². The van der Waals surface area contributed by atoms with Crippen LogP contribution in [0.3, 0.4) is 0 Å². The number of benzene rings is 1. The van der Waals surface area contributed by atoms with Gasteiger partial charge in [-0.3, -0.25) is 4.79 Å². The summed E-state index contributed by atoms with van der Waals surface area (Å²) in [7, 11) is 0. The molecule has 3 rings (SSSR count). The summed E-state index contributed by atoms with van der Waals surface area (Å²) in [5.74, 6) is -0.680. The maximum atomic E-state index is 11.2. The standard InChI is InChI=1S/C14H16O2/c1-9(13(15)16)12-11-5-3-2-4-10(11)8-14(12)6-7-14/h2-5,9,12H,6-8H2,1H3,(H,15,16)/t9-,12?/m0/s1. The van der Waals surface area contributed by atoms with Crippen LogP contribution in [0.5, 0.6) is 0 Å². The minimum Gasteiger partial charge on any atom is -0.481 e. The zero-order valence-corrected chi connectivity index (χ0v) is 9.44. The number of carbonyl (C=O) groups is 1. The molecular formula is C14H16O2. The average Bonchev–Trinajstić information content (AvgIpc) is 2.93. The van der Waals surface area contributed by atoms with Crippen molar-refractivity contribution in [2.75, 3.05) is 0 Å². The van der Waals surface area contributed by atoms with E-state index in [1.807, 2.05) is 13.0 Å². The van der Waals surface area contributed by atoms with Crippen molar-refractivity contribution in [3.8, 4) is 0 Å². The van der Waals surface area contributed by atoms with E-state index >= 15 is 0 Å². The summed E-state index contributed by atoms with van der Waals surface area (Å²) in [6.07, 6.45) is 3.49. The lowest BCUT2D eigenvalue weighted by molar-refractivity contribution is -0.142. The van der Waals surface area contributed by atoms with Gasteiger partial charge in [-0.1, -0.05) is 31.2 Å². The van der Waals surface area contributed by atoms with Crippen molar-refractivity contribution in [2.24, 2.45) is 11.3 Å². The molecule has 2 aliphatic rings. The summed E-state index contributed by atoms with van der Waals surface area (Å²) < 4.78 is 0. The summed E-state index contributed by atoms with van der Waals surface area (Å²) in [5, 5.41) is 9.23. The molecule has 0 amide bonds. The van der Waals surface area contributed by atoms with Gasteiger partial charge in [-0.25, -0.2) is 0 Å². The molecule has 2 nitrogen and oxygen atoms in total. The molecule has 0 radical (unpaired) electrons. The van der Waals surface area contributed by atoms with Crippen molar-refractivity contribution >= 4 is 5.97 Å². The Morgan fingerprint density at radius 2 is 2.12 bits per heavy atom. The van der Waals surface area contributed by atoms with Crippen LogP contribution in [-0.4, -0.2) is 11.1 Å². The zero-order chi connectivity index (χ0) is 11.3. The molecule has 1 aromatic rings. The molecule has 1 aromatic carbocycles. The van der Waals surface area contributed by atoms with Crippen LogP contribution in [0.15, 0.2) is 24.3 Å². The van der Waals surface area contributed by atoms with Crippen LogP contribution in [0.4, 0.5) is 0 Å². The van der Waals surface area contributed by atoms with Crippen LogP contribution in [0.2, 0.25) is 0 Å². The van der Waals surface area contributed by atoms with Gasteiger partial charge in [-0.2, -0.15) is 0 Å². The Morgan fingerprint density at radius 3 is 2.75 bits per heavy atom. The molecule has 2 aliphatic carbocycles. The van der Waals surface area contributed by atoms with Gasteiger partial charge in [0.1, 0.15) is 0 Å². The van der Waals surface area contributed by atoms with Crippen LogP contribution < -0.4 is 0 Å². The van der Waals surface area contributed by atoms with Crippen molar-refractivity contribution < 1.29 is 9.90 Å². The highest BCUT2D eigenvalue weighted by Gasteiger charge is 2.56. The van der Waals surface area contributed by atoms with Crippen LogP contribution in [0.25, 0.3) is 0 Å². The molecule has 0 aromatic heterocycles. The van der Waals surface area contributed by atoms with Crippen LogP contribution in [0, 0.1) is 11.3 Å². The van der Waals surface area contributed by atoms with Gasteiger partial charge in [0, 0.05) is 5.92 Å². The lowest BCUT2D eigenvalue weighted by Gasteiger charge is -2.23. The summed E-state index contributed by atoms with van der Waals surface area (Å²) in [6, 6.07) is 8.36. The quantitative estimate of drug-likeness (QED) is 0.825. The largest absolute Gasteiger partial charge is 0.481 e. The molecule has 2 heteroatoms. The summed E-state index contributed by atoms with van der Waals surface area (Å²) in [6.45, 7) is 1.86. The van der Waals surface area contributed by atoms with E-state index in [0.29, 0.717) is 5.41 Å². The normalized spacial score (nSPS) is 26.4. The first kappa shape index (κ1) is 9.88. The number of carboxylic acids is 1. The molecule has 16 heavy (non-hydrogen) atoms. The smallest absolute Gasteiger partial charge is 0.306 e. The molecule has 2 atom stereocenters.